The first-order chi connectivity index (χ1) is 13.5. The number of methoxy groups -OCH3 is 1. The van der Waals surface area contributed by atoms with Crippen molar-refractivity contribution in [3.8, 4) is 17.0 Å². The first-order valence-electron chi connectivity index (χ1n) is 8.54. The zero-order chi connectivity index (χ0) is 20.1. The molecule has 2 heterocycles. The third kappa shape index (κ3) is 4.65. The summed E-state index contributed by atoms with van der Waals surface area (Å²) < 4.78 is 10.5. The average molecular weight is 404 g/mol. The molecule has 1 aromatic carbocycles. The Morgan fingerprint density at radius 1 is 1.36 bits per heavy atom. The van der Waals surface area contributed by atoms with Gasteiger partial charge in [-0.15, -0.1) is 11.3 Å². The molecule has 2 N–H and O–H groups in total. The minimum absolute atomic E-state index is 0.155. The molecule has 28 heavy (non-hydrogen) atoms. The summed E-state index contributed by atoms with van der Waals surface area (Å²) in [5.74, 6) is -0.762. The fourth-order valence-corrected chi connectivity index (χ4v) is 3.41. The van der Waals surface area contributed by atoms with E-state index in [-0.39, 0.29) is 19.1 Å². The maximum atomic E-state index is 12.3. The van der Waals surface area contributed by atoms with E-state index in [4.69, 9.17) is 9.47 Å². The van der Waals surface area contributed by atoms with Crippen molar-refractivity contribution in [2.24, 2.45) is 0 Å². The van der Waals surface area contributed by atoms with Crippen molar-refractivity contribution in [2.75, 3.05) is 31.8 Å². The van der Waals surface area contributed by atoms with E-state index in [2.05, 4.69) is 15.8 Å². The Bertz CT molecular complexity index is 898. The molecule has 3 amide bonds. The smallest absolute Gasteiger partial charge is 0.265 e. The third-order valence-electron chi connectivity index (χ3n) is 3.95. The van der Waals surface area contributed by atoms with E-state index in [9.17, 15) is 14.4 Å². The maximum Gasteiger partial charge on any atom is 0.265 e. The maximum absolute atomic E-state index is 12.3. The Hall–Kier alpha value is -2.98. The van der Waals surface area contributed by atoms with Crippen LogP contribution in [0.4, 0.5) is 5.69 Å². The summed E-state index contributed by atoms with van der Waals surface area (Å²) in [4.78, 5) is 41.2. The Morgan fingerprint density at radius 2 is 2.18 bits per heavy atom. The number of anilines is 1. The lowest BCUT2D eigenvalue weighted by Gasteiger charge is -2.29. The number of hydrogen-bond acceptors (Lipinski definition) is 7. The Kier molecular flexibility index (Phi) is 6.22. The van der Waals surface area contributed by atoms with E-state index in [0.29, 0.717) is 18.0 Å². The number of nitrogens with zero attached hydrogens (tertiary/aromatic N) is 2. The Morgan fingerprint density at radius 3 is 2.93 bits per heavy atom. The first-order valence-corrected chi connectivity index (χ1v) is 9.42. The number of thiazole rings is 1. The molecule has 0 unspecified atom stereocenters. The molecule has 0 spiro atoms. The molecule has 0 aliphatic carbocycles. The van der Waals surface area contributed by atoms with Gasteiger partial charge in [0.15, 0.2) is 6.61 Å². The standard InChI is InChI=1S/C18H20N4O5S/c1-11(23)20-21-16(24)8-22-14-7-12(3-4-15(14)27-9-18(22)25)13-10-28-17(19-13)5-6-26-2/h3-4,7,10H,5-6,8-9H2,1-2H3,(H,20,23)(H,21,24). The number of fused-ring (bicyclic) bond motifs is 1. The molecular weight excluding hydrogens is 384 g/mol. The largest absolute Gasteiger partial charge is 0.482 e. The van der Waals surface area contributed by atoms with Gasteiger partial charge in [-0.1, -0.05) is 0 Å². The monoisotopic (exact) mass is 404 g/mol. The van der Waals surface area contributed by atoms with Gasteiger partial charge in [-0.3, -0.25) is 30.1 Å². The lowest BCUT2D eigenvalue weighted by molar-refractivity contribution is -0.128. The number of hydrazine groups is 1. The van der Waals surface area contributed by atoms with Crippen molar-refractivity contribution >= 4 is 34.7 Å². The molecule has 2 aromatic rings. The number of amides is 3. The number of carbonyl (C=O) groups excluding carboxylic acids is 3. The van der Waals surface area contributed by atoms with Gasteiger partial charge >= 0.3 is 0 Å². The molecule has 0 radical (unpaired) electrons. The van der Waals surface area contributed by atoms with Crippen LogP contribution in [0.1, 0.15) is 11.9 Å². The van der Waals surface area contributed by atoms with Gasteiger partial charge in [0.1, 0.15) is 12.3 Å². The van der Waals surface area contributed by atoms with Crippen LogP contribution < -0.4 is 20.5 Å². The van der Waals surface area contributed by atoms with Crippen molar-refractivity contribution in [3.63, 3.8) is 0 Å². The second-order valence-electron chi connectivity index (χ2n) is 6.05. The van der Waals surface area contributed by atoms with Crippen molar-refractivity contribution in [1.29, 1.82) is 0 Å². The van der Waals surface area contributed by atoms with Gasteiger partial charge in [0.25, 0.3) is 11.8 Å². The van der Waals surface area contributed by atoms with Crippen molar-refractivity contribution in [2.45, 2.75) is 13.3 Å². The summed E-state index contributed by atoms with van der Waals surface area (Å²) >= 11 is 1.54. The van der Waals surface area contributed by atoms with Crippen molar-refractivity contribution in [3.05, 3.63) is 28.6 Å². The van der Waals surface area contributed by atoms with Gasteiger partial charge in [-0.05, 0) is 18.2 Å². The van der Waals surface area contributed by atoms with Gasteiger partial charge in [-0.25, -0.2) is 4.98 Å². The number of carbonyl (C=O) groups is 3. The highest BCUT2D eigenvalue weighted by atomic mass is 32.1. The number of benzene rings is 1. The molecule has 10 heteroatoms. The quantitative estimate of drug-likeness (QED) is 0.692. The summed E-state index contributed by atoms with van der Waals surface area (Å²) in [6.45, 7) is 1.47. The summed E-state index contributed by atoms with van der Waals surface area (Å²) in [5.41, 5.74) is 6.53. The first kappa shape index (κ1) is 19.8. The second kappa shape index (κ2) is 8.81. The number of nitrogens with one attached hydrogen (secondary N) is 2. The number of ether oxygens (including phenoxy) is 2. The predicted octanol–water partition coefficient (Wildman–Crippen LogP) is 0.892. The minimum atomic E-state index is -0.516. The highest BCUT2D eigenvalue weighted by molar-refractivity contribution is 7.09. The van der Waals surface area contributed by atoms with Crippen LogP contribution in [0.15, 0.2) is 23.6 Å². The van der Waals surface area contributed by atoms with E-state index in [0.717, 1.165) is 22.7 Å². The van der Waals surface area contributed by atoms with Gasteiger partial charge in [-0.2, -0.15) is 0 Å². The minimum Gasteiger partial charge on any atom is -0.482 e. The number of hydrogen-bond donors (Lipinski definition) is 2. The van der Waals surface area contributed by atoms with E-state index < -0.39 is 11.8 Å². The number of aromatic nitrogens is 1. The van der Waals surface area contributed by atoms with Crippen LogP contribution in [-0.4, -0.2) is 49.6 Å². The van der Waals surface area contributed by atoms with Gasteiger partial charge in [0, 0.05) is 31.4 Å². The topological polar surface area (TPSA) is 110 Å². The fourth-order valence-electron chi connectivity index (χ4n) is 2.62. The molecule has 0 saturated heterocycles. The molecule has 3 rings (SSSR count). The summed E-state index contributed by atoms with van der Waals surface area (Å²) in [6, 6.07) is 5.39. The summed E-state index contributed by atoms with van der Waals surface area (Å²) in [5, 5.41) is 2.89. The lowest BCUT2D eigenvalue weighted by atomic mass is 10.1. The van der Waals surface area contributed by atoms with E-state index in [1.54, 1.807) is 19.2 Å². The molecule has 1 aliphatic rings. The molecule has 1 aromatic heterocycles. The SMILES string of the molecule is COCCc1nc(-c2ccc3c(c2)N(CC(=O)NNC(C)=O)C(=O)CO3)cs1. The molecule has 0 atom stereocenters. The summed E-state index contributed by atoms with van der Waals surface area (Å²) in [7, 11) is 1.64. The van der Waals surface area contributed by atoms with Gasteiger partial charge in [0.05, 0.1) is 23.0 Å². The molecule has 0 bridgehead atoms. The van der Waals surface area contributed by atoms with Crippen LogP contribution in [0.25, 0.3) is 11.3 Å². The molecular formula is C18H20N4O5S. The zero-order valence-electron chi connectivity index (χ0n) is 15.5. The van der Waals surface area contributed by atoms with E-state index >= 15 is 0 Å². The molecule has 1 aliphatic heterocycles. The fraction of sp³-hybridized carbons (Fsp3) is 0.333. The van der Waals surface area contributed by atoms with Gasteiger partial charge < -0.3 is 9.47 Å². The van der Waals surface area contributed by atoms with Crippen LogP contribution in [0.3, 0.4) is 0 Å². The van der Waals surface area contributed by atoms with Crippen LogP contribution in [-0.2, 0) is 25.5 Å². The Balaban J connectivity index is 1.82. The van der Waals surface area contributed by atoms with E-state index in [1.165, 1.54) is 23.2 Å². The normalized spacial score (nSPS) is 12.9. The number of rotatable bonds is 6. The van der Waals surface area contributed by atoms with Crippen molar-refractivity contribution < 1.29 is 23.9 Å². The van der Waals surface area contributed by atoms with Crippen LogP contribution >= 0.6 is 11.3 Å². The molecule has 9 nitrogen and oxygen atoms in total. The predicted molar refractivity (Wildman–Crippen MR) is 103 cm³/mol. The highest BCUT2D eigenvalue weighted by Gasteiger charge is 2.28. The second-order valence-corrected chi connectivity index (χ2v) is 6.99. The summed E-state index contributed by atoms with van der Waals surface area (Å²) in [6.07, 6.45) is 0.725. The van der Waals surface area contributed by atoms with E-state index in [1.807, 2.05) is 11.4 Å². The van der Waals surface area contributed by atoms with Crippen LogP contribution in [0, 0.1) is 0 Å². The van der Waals surface area contributed by atoms with Crippen LogP contribution in [0.5, 0.6) is 5.75 Å². The lowest BCUT2D eigenvalue weighted by Crippen LogP contribution is -2.49. The Labute approximate surface area is 165 Å². The highest BCUT2D eigenvalue weighted by Crippen LogP contribution is 2.36. The average Bonchev–Trinajstić information content (AvgIpc) is 3.15. The molecule has 148 valence electrons. The molecule has 0 fully saturated rings. The van der Waals surface area contributed by atoms with Crippen LogP contribution in [0.2, 0.25) is 0 Å². The van der Waals surface area contributed by atoms with Crippen molar-refractivity contribution in [1.82, 2.24) is 15.8 Å². The zero-order valence-corrected chi connectivity index (χ0v) is 16.3. The molecule has 0 saturated carbocycles. The third-order valence-corrected chi connectivity index (χ3v) is 4.86. The van der Waals surface area contributed by atoms with Gasteiger partial charge in [0.2, 0.25) is 5.91 Å².